The van der Waals surface area contributed by atoms with Gasteiger partial charge in [-0.15, -0.1) is 0 Å². The molecule has 0 aliphatic carbocycles. The van der Waals surface area contributed by atoms with Gasteiger partial charge in [0.05, 0.1) is 18.9 Å². The molecule has 1 fully saturated rings. The monoisotopic (exact) mass is 243 g/mol. The summed E-state index contributed by atoms with van der Waals surface area (Å²) in [4.78, 5) is 24.4. The molecule has 5 nitrogen and oxygen atoms in total. The number of hydrogen-bond donors (Lipinski definition) is 1. The van der Waals surface area contributed by atoms with Crippen LogP contribution >= 0.6 is 0 Å². The third kappa shape index (κ3) is 4.34. The number of nitrogens with zero attached hydrogens (tertiary/aromatic N) is 1. The fourth-order valence-corrected chi connectivity index (χ4v) is 2.01. The van der Waals surface area contributed by atoms with E-state index in [2.05, 4.69) is 0 Å². The van der Waals surface area contributed by atoms with Gasteiger partial charge in [0.2, 0.25) is 5.91 Å². The van der Waals surface area contributed by atoms with E-state index < -0.39 is 5.97 Å². The maximum absolute atomic E-state index is 12.2. The molecule has 1 heterocycles. The summed E-state index contributed by atoms with van der Waals surface area (Å²) in [6.07, 6.45) is 1.74. The number of amides is 1. The zero-order chi connectivity index (χ0) is 12.8. The first-order valence-electron chi connectivity index (χ1n) is 6.12. The van der Waals surface area contributed by atoms with Gasteiger partial charge in [-0.05, 0) is 26.7 Å². The van der Waals surface area contributed by atoms with Crippen LogP contribution in [-0.2, 0) is 14.3 Å². The van der Waals surface area contributed by atoms with Crippen molar-refractivity contribution in [1.29, 1.82) is 0 Å². The molecule has 98 valence electrons. The van der Waals surface area contributed by atoms with Crippen LogP contribution in [0.1, 0.15) is 33.1 Å². The highest BCUT2D eigenvalue weighted by molar-refractivity contribution is 5.80. The minimum atomic E-state index is -0.872. The number of aliphatic carboxylic acids is 1. The van der Waals surface area contributed by atoms with Gasteiger partial charge in [-0.2, -0.15) is 0 Å². The van der Waals surface area contributed by atoms with Crippen molar-refractivity contribution in [3.63, 3.8) is 0 Å². The Kier molecular flexibility index (Phi) is 5.41. The molecule has 0 radical (unpaired) electrons. The predicted molar refractivity (Wildman–Crippen MR) is 62.6 cm³/mol. The van der Waals surface area contributed by atoms with E-state index in [9.17, 15) is 9.59 Å². The van der Waals surface area contributed by atoms with Crippen molar-refractivity contribution < 1.29 is 19.4 Å². The summed E-state index contributed by atoms with van der Waals surface area (Å²) in [5, 5.41) is 8.67. The molecular formula is C12H21NO4. The largest absolute Gasteiger partial charge is 0.481 e. The van der Waals surface area contributed by atoms with E-state index in [1.807, 2.05) is 13.8 Å². The quantitative estimate of drug-likeness (QED) is 0.786. The van der Waals surface area contributed by atoms with Crippen LogP contribution in [0.4, 0.5) is 0 Å². The number of ether oxygens (including phenoxy) is 1. The van der Waals surface area contributed by atoms with Gasteiger partial charge in [0.25, 0.3) is 0 Å². The third-order valence-corrected chi connectivity index (χ3v) is 2.98. The van der Waals surface area contributed by atoms with Crippen molar-refractivity contribution in [2.45, 2.75) is 39.2 Å². The maximum Gasteiger partial charge on any atom is 0.305 e. The van der Waals surface area contributed by atoms with Crippen LogP contribution in [0, 0.1) is 5.92 Å². The second-order valence-corrected chi connectivity index (χ2v) is 4.68. The highest BCUT2D eigenvalue weighted by Crippen LogP contribution is 2.18. The number of carbonyl (C=O) groups is 2. The van der Waals surface area contributed by atoms with Gasteiger partial charge in [0.1, 0.15) is 0 Å². The van der Waals surface area contributed by atoms with Crippen LogP contribution in [-0.4, -0.2) is 47.7 Å². The van der Waals surface area contributed by atoms with Gasteiger partial charge in [-0.3, -0.25) is 9.59 Å². The number of carbonyl (C=O) groups excluding carboxylic acids is 1. The van der Waals surface area contributed by atoms with E-state index in [-0.39, 0.29) is 30.8 Å². The molecular weight excluding hydrogens is 222 g/mol. The molecule has 1 aliphatic heterocycles. The van der Waals surface area contributed by atoms with Gasteiger partial charge in [-0.25, -0.2) is 0 Å². The van der Waals surface area contributed by atoms with E-state index in [1.54, 1.807) is 4.90 Å². The Bertz CT molecular complexity index is 272. The van der Waals surface area contributed by atoms with Gasteiger partial charge in [0, 0.05) is 19.2 Å². The highest BCUT2D eigenvalue weighted by Gasteiger charge is 2.28. The zero-order valence-electron chi connectivity index (χ0n) is 10.5. The lowest BCUT2D eigenvalue weighted by atomic mass is 10.00. The third-order valence-electron chi connectivity index (χ3n) is 2.98. The minimum absolute atomic E-state index is 0.00248. The molecule has 1 N–H and O–H groups in total. The van der Waals surface area contributed by atoms with Crippen LogP contribution in [0.25, 0.3) is 0 Å². The maximum atomic E-state index is 12.2. The normalized spacial score (nSPS) is 20.3. The van der Waals surface area contributed by atoms with E-state index in [0.29, 0.717) is 6.61 Å². The Hall–Kier alpha value is -1.10. The molecule has 1 atom stereocenters. The molecule has 17 heavy (non-hydrogen) atoms. The molecule has 1 amide bonds. The number of carboxylic acid groups (broad SMARTS) is 1. The highest BCUT2D eigenvalue weighted by atomic mass is 16.5. The zero-order valence-corrected chi connectivity index (χ0v) is 10.5. The lowest BCUT2D eigenvalue weighted by Crippen LogP contribution is -2.44. The van der Waals surface area contributed by atoms with Crippen molar-refractivity contribution in [3.05, 3.63) is 0 Å². The molecule has 1 unspecified atom stereocenters. The SMILES string of the molecule is CC(C)N(CCC(=O)O)C(=O)C1CCCOC1. The molecule has 1 saturated heterocycles. The minimum Gasteiger partial charge on any atom is -0.481 e. The topological polar surface area (TPSA) is 66.8 Å². The number of carboxylic acids is 1. The van der Waals surface area contributed by atoms with E-state index in [1.165, 1.54) is 0 Å². The summed E-state index contributed by atoms with van der Waals surface area (Å²) in [5.74, 6) is -0.941. The summed E-state index contributed by atoms with van der Waals surface area (Å²) in [6.45, 7) is 5.28. The molecule has 0 aromatic heterocycles. The van der Waals surface area contributed by atoms with E-state index in [0.717, 1.165) is 19.4 Å². The number of rotatable bonds is 5. The Balaban J connectivity index is 2.55. The summed E-state index contributed by atoms with van der Waals surface area (Å²) in [6, 6.07) is 0.0313. The number of hydrogen-bond acceptors (Lipinski definition) is 3. The lowest BCUT2D eigenvalue weighted by molar-refractivity contribution is -0.143. The van der Waals surface area contributed by atoms with Gasteiger partial charge in [0.15, 0.2) is 0 Å². The first-order chi connectivity index (χ1) is 8.02. The van der Waals surface area contributed by atoms with Gasteiger partial charge < -0.3 is 14.7 Å². The van der Waals surface area contributed by atoms with Crippen molar-refractivity contribution in [2.24, 2.45) is 5.92 Å². The summed E-state index contributed by atoms with van der Waals surface area (Å²) in [7, 11) is 0. The first kappa shape index (κ1) is 14.0. The van der Waals surface area contributed by atoms with E-state index in [4.69, 9.17) is 9.84 Å². The molecule has 5 heteroatoms. The Morgan fingerprint density at radius 2 is 2.18 bits per heavy atom. The Morgan fingerprint density at radius 1 is 1.47 bits per heavy atom. The van der Waals surface area contributed by atoms with E-state index >= 15 is 0 Å². The fourth-order valence-electron chi connectivity index (χ4n) is 2.01. The molecule has 0 aromatic carbocycles. The molecule has 1 aliphatic rings. The van der Waals surface area contributed by atoms with Crippen LogP contribution in [0.3, 0.4) is 0 Å². The average molecular weight is 243 g/mol. The van der Waals surface area contributed by atoms with Crippen LogP contribution in [0.15, 0.2) is 0 Å². The van der Waals surface area contributed by atoms with Crippen molar-refractivity contribution >= 4 is 11.9 Å². The van der Waals surface area contributed by atoms with Crippen molar-refractivity contribution in [3.8, 4) is 0 Å². The molecule has 1 rings (SSSR count). The van der Waals surface area contributed by atoms with Crippen molar-refractivity contribution in [1.82, 2.24) is 4.90 Å². The van der Waals surface area contributed by atoms with Gasteiger partial charge in [-0.1, -0.05) is 0 Å². The summed E-state index contributed by atoms with van der Waals surface area (Å²) >= 11 is 0. The van der Waals surface area contributed by atoms with Crippen LogP contribution < -0.4 is 0 Å². The van der Waals surface area contributed by atoms with Gasteiger partial charge >= 0.3 is 5.97 Å². The first-order valence-corrected chi connectivity index (χ1v) is 6.12. The second kappa shape index (κ2) is 6.59. The Labute approximate surface area is 102 Å². The smallest absolute Gasteiger partial charge is 0.305 e. The average Bonchev–Trinajstić information content (AvgIpc) is 2.29. The van der Waals surface area contributed by atoms with Crippen LogP contribution in [0.2, 0.25) is 0 Å². The molecule has 0 aromatic rings. The standard InChI is InChI=1S/C12H21NO4/c1-9(2)13(6-5-11(14)15)12(16)10-4-3-7-17-8-10/h9-10H,3-8H2,1-2H3,(H,14,15). The lowest BCUT2D eigenvalue weighted by Gasteiger charge is -2.31. The molecule has 0 bridgehead atoms. The predicted octanol–water partition coefficient (Wildman–Crippen LogP) is 1.12. The van der Waals surface area contributed by atoms with Crippen molar-refractivity contribution in [2.75, 3.05) is 19.8 Å². The second-order valence-electron chi connectivity index (χ2n) is 4.68. The molecule has 0 spiro atoms. The summed E-state index contributed by atoms with van der Waals surface area (Å²) in [5.41, 5.74) is 0. The Morgan fingerprint density at radius 3 is 2.65 bits per heavy atom. The van der Waals surface area contributed by atoms with Crippen LogP contribution in [0.5, 0.6) is 0 Å². The fraction of sp³-hybridized carbons (Fsp3) is 0.833. The molecule has 0 saturated carbocycles. The summed E-state index contributed by atoms with van der Waals surface area (Å²) < 4.78 is 5.29.